The molecule has 0 aromatic heterocycles. The van der Waals surface area contributed by atoms with Crippen LogP contribution in [0.4, 0.5) is 0 Å². The molecule has 0 atom stereocenters. The van der Waals surface area contributed by atoms with Crippen molar-refractivity contribution in [1.29, 1.82) is 0 Å². The predicted octanol–water partition coefficient (Wildman–Crippen LogP) is 3.82. The van der Waals surface area contributed by atoms with Crippen molar-refractivity contribution in [1.82, 2.24) is 0 Å². The fourth-order valence-corrected chi connectivity index (χ4v) is 2.71. The Kier molecular flexibility index (Phi) is 4.35. The first kappa shape index (κ1) is 13.8. The molecule has 5 heteroatoms. The second kappa shape index (κ2) is 5.99. The number of halogens is 1. The van der Waals surface area contributed by atoms with Gasteiger partial charge >= 0.3 is 5.97 Å². The smallest absolute Gasteiger partial charge is 0.307 e. The Bertz CT molecular complexity index is 596. The molecular weight excluding hydrogens is 284 g/mol. The number of aliphatic carboxylic acids is 1. The molecule has 0 spiro atoms. The summed E-state index contributed by atoms with van der Waals surface area (Å²) in [4.78, 5) is 12.6. The lowest BCUT2D eigenvalue weighted by Crippen LogP contribution is -2.01. The van der Waals surface area contributed by atoms with Gasteiger partial charge in [0.25, 0.3) is 0 Å². The molecule has 0 saturated carbocycles. The van der Waals surface area contributed by atoms with Crippen LogP contribution in [-0.4, -0.2) is 16.2 Å². The van der Waals surface area contributed by atoms with E-state index in [0.717, 1.165) is 9.79 Å². The minimum Gasteiger partial charge on any atom is -0.508 e. The monoisotopic (exact) mass is 294 g/mol. The summed E-state index contributed by atoms with van der Waals surface area (Å²) in [7, 11) is 0. The van der Waals surface area contributed by atoms with Crippen molar-refractivity contribution in [2.45, 2.75) is 16.2 Å². The molecule has 0 heterocycles. The highest BCUT2D eigenvalue weighted by molar-refractivity contribution is 7.99. The van der Waals surface area contributed by atoms with E-state index < -0.39 is 5.97 Å². The van der Waals surface area contributed by atoms with E-state index >= 15 is 0 Å². The number of phenolic OH excluding ortho intramolecular Hbond substituents is 1. The number of rotatable bonds is 4. The van der Waals surface area contributed by atoms with Crippen LogP contribution in [0, 0.1) is 0 Å². The SMILES string of the molecule is O=C(O)Cc1cc(Cl)ccc1Sc1ccc(O)cc1. The van der Waals surface area contributed by atoms with Crippen molar-refractivity contribution in [3.63, 3.8) is 0 Å². The largest absolute Gasteiger partial charge is 0.508 e. The molecule has 2 aromatic carbocycles. The predicted molar refractivity (Wildman–Crippen MR) is 75.0 cm³/mol. The van der Waals surface area contributed by atoms with E-state index in [9.17, 15) is 9.90 Å². The Hall–Kier alpha value is -1.65. The quantitative estimate of drug-likeness (QED) is 0.900. The molecule has 0 aliphatic heterocycles. The summed E-state index contributed by atoms with van der Waals surface area (Å²) >= 11 is 7.33. The number of hydrogen-bond acceptors (Lipinski definition) is 3. The number of benzene rings is 2. The van der Waals surface area contributed by atoms with Crippen molar-refractivity contribution in [2.24, 2.45) is 0 Å². The molecule has 0 amide bonds. The van der Waals surface area contributed by atoms with Gasteiger partial charge in [0, 0.05) is 14.8 Å². The average Bonchev–Trinajstić information content (AvgIpc) is 2.34. The first-order valence-electron chi connectivity index (χ1n) is 5.52. The molecule has 98 valence electrons. The number of carboxylic acid groups (broad SMARTS) is 1. The third-order valence-electron chi connectivity index (χ3n) is 2.43. The first-order chi connectivity index (χ1) is 9.04. The van der Waals surface area contributed by atoms with E-state index in [-0.39, 0.29) is 12.2 Å². The zero-order chi connectivity index (χ0) is 13.8. The Morgan fingerprint density at radius 1 is 1.16 bits per heavy atom. The fourth-order valence-electron chi connectivity index (χ4n) is 1.59. The molecule has 2 N–H and O–H groups in total. The Morgan fingerprint density at radius 3 is 2.47 bits per heavy atom. The highest BCUT2D eigenvalue weighted by atomic mass is 35.5. The van der Waals surface area contributed by atoms with Crippen LogP contribution in [0.15, 0.2) is 52.3 Å². The molecule has 0 radical (unpaired) electrons. The van der Waals surface area contributed by atoms with Crippen molar-refractivity contribution in [3.8, 4) is 5.75 Å². The lowest BCUT2D eigenvalue weighted by molar-refractivity contribution is -0.136. The number of phenols is 1. The molecule has 0 fully saturated rings. The fraction of sp³-hybridized carbons (Fsp3) is 0.0714. The molecule has 2 aromatic rings. The molecule has 0 aliphatic carbocycles. The summed E-state index contributed by atoms with van der Waals surface area (Å²) in [5.41, 5.74) is 0.679. The standard InChI is InChI=1S/C14H11ClO3S/c15-10-1-6-13(9(7-10)8-14(17)18)19-12-4-2-11(16)3-5-12/h1-7,16H,8H2,(H,17,18). The first-order valence-corrected chi connectivity index (χ1v) is 6.71. The molecular formula is C14H11ClO3S. The third-order valence-corrected chi connectivity index (χ3v) is 3.79. The van der Waals surface area contributed by atoms with Crippen molar-refractivity contribution in [2.75, 3.05) is 0 Å². The van der Waals surface area contributed by atoms with Crippen LogP contribution in [0.5, 0.6) is 5.75 Å². The minimum absolute atomic E-state index is 0.0685. The van der Waals surface area contributed by atoms with Gasteiger partial charge in [-0.2, -0.15) is 0 Å². The highest BCUT2D eigenvalue weighted by Gasteiger charge is 2.09. The van der Waals surface area contributed by atoms with Gasteiger partial charge in [0.05, 0.1) is 6.42 Å². The molecule has 2 rings (SSSR count). The van der Waals surface area contributed by atoms with E-state index in [1.54, 1.807) is 42.5 Å². The summed E-state index contributed by atoms with van der Waals surface area (Å²) in [6.45, 7) is 0. The van der Waals surface area contributed by atoms with Crippen LogP contribution in [0.2, 0.25) is 5.02 Å². The Morgan fingerprint density at radius 2 is 1.84 bits per heavy atom. The van der Waals surface area contributed by atoms with Gasteiger partial charge in [-0.05, 0) is 48.0 Å². The summed E-state index contributed by atoms with van der Waals surface area (Å²) in [5, 5.41) is 18.6. The van der Waals surface area contributed by atoms with E-state index in [1.165, 1.54) is 11.8 Å². The van der Waals surface area contributed by atoms with E-state index in [4.69, 9.17) is 16.7 Å². The Labute approximate surface area is 119 Å². The zero-order valence-electron chi connectivity index (χ0n) is 9.84. The summed E-state index contributed by atoms with van der Waals surface area (Å²) in [6.07, 6.45) is -0.0685. The maximum Gasteiger partial charge on any atom is 0.307 e. The number of hydrogen-bond donors (Lipinski definition) is 2. The van der Waals surface area contributed by atoms with Gasteiger partial charge < -0.3 is 10.2 Å². The molecule has 0 saturated heterocycles. The van der Waals surface area contributed by atoms with E-state index in [0.29, 0.717) is 10.6 Å². The van der Waals surface area contributed by atoms with Crippen molar-refractivity contribution >= 4 is 29.3 Å². The lowest BCUT2D eigenvalue weighted by atomic mass is 10.1. The Balaban J connectivity index is 2.28. The van der Waals surface area contributed by atoms with Gasteiger partial charge in [-0.3, -0.25) is 4.79 Å². The molecule has 0 aliphatic rings. The van der Waals surface area contributed by atoms with Crippen LogP contribution < -0.4 is 0 Å². The maximum atomic E-state index is 10.8. The van der Waals surface area contributed by atoms with Gasteiger partial charge in [0.1, 0.15) is 5.75 Å². The highest BCUT2D eigenvalue weighted by Crippen LogP contribution is 2.33. The van der Waals surface area contributed by atoms with Gasteiger partial charge in [0.2, 0.25) is 0 Å². The van der Waals surface area contributed by atoms with Crippen molar-refractivity contribution < 1.29 is 15.0 Å². The van der Waals surface area contributed by atoms with Crippen LogP contribution >= 0.6 is 23.4 Å². The van der Waals surface area contributed by atoms with Crippen LogP contribution in [0.25, 0.3) is 0 Å². The normalized spacial score (nSPS) is 10.4. The summed E-state index contributed by atoms with van der Waals surface area (Å²) < 4.78 is 0. The van der Waals surface area contributed by atoms with Crippen molar-refractivity contribution in [3.05, 3.63) is 53.1 Å². The van der Waals surface area contributed by atoms with Crippen LogP contribution in [0.3, 0.4) is 0 Å². The maximum absolute atomic E-state index is 10.8. The van der Waals surface area contributed by atoms with E-state index in [2.05, 4.69) is 0 Å². The average molecular weight is 295 g/mol. The second-order valence-electron chi connectivity index (χ2n) is 3.92. The summed E-state index contributed by atoms with van der Waals surface area (Å²) in [6, 6.07) is 11.9. The van der Waals surface area contributed by atoms with Gasteiger partial charge in [0.15, 0.2) is 0 Å². The van der Waals surface area contributed by atoms with Gasteiger partial charge in [-0.25, -0.2) is 0 Å². The molecule has 19 heavy (non-hydrogen) atoms. The van der Waals surface area contributed by atoms with Crippen LogP contribution in [-0.2, 0) is 11.2 Å². The van der Waals surface area contributed by atoms with E-state index in [1.807, 2.05) is 0 Å². The molecule has 0 bridgehead atoms. The van der Waals surface area contributed by atoms with Gasteiger partial charge in [-0.1, -0.05) is 23.4 Å². The minimum atomic E-state index is -0.894. The van der Waals surface area contributed by atoms with Crippen LogP contribution in [0.1, 0.15) is 5.56 Å². The lowest BCUT2D eigenvalue weighted by Gasteiger charge is -2.08. The third kappa shape index (κ3) is 3.91. The van der Waals surface area contributed by atoms with Gasteiger partial charge in [-0.15, -0.1) is 0 Å². The topological polar surface area (TPSA) is 57.5 Å². The second-order valence-corrected chi connectivity index (χ2v) is 5.47. The number of carbonyl (C=O) groups is 1. The molecule has 0 unspecified atom stereocenters. The number of carboxylic acids is 1. The molecule has 3 nitrogen and oxygen atoms in total. The summed E-state index contributed by atoms with van der Waals surface area (Å²) in [5.74, 6) is -0.693. The number of aromatic hydroxyl groups is 1. The zero-order valence-corrected chi connectivity index (χ0v) is 11.4.